The molecule has 3 nitrogen and oxygen atoms in total. The first-order valence-corrected chi connectivity index (χ1v) is 5.02. The Morgan fingerprint density at radius 3 is 2.50 bits per heavy atom. The van der Waals surface area contributed by atoms with Crippen molar-refractivity contribution in [1.82, 2.24) is 0 Å². The second-order valence-electron chi connectivity index (χ2n) is 3.47. The summed E-state index contributed by atoms with van der Waals surface area (Å²) in [5.74, 6) is 6.01. The van der Waals surface area contributed by atoms with Crippen molar-refractivity contribution >= 4 is 15.9 Å². The van der Waals surface area contributed by atoms with E-state index >= 15 is 0 Å². The average molecular weight is 260 g/mol. The number of hydrogen-bond acceptors (Lipinski definition) is 3. The molecule has 4 heteroatoms. The van der Waals surface area contributed by atoms with Crippen LogP contribution in [-0.4, -0.2) is 7.11 Å². The fraction of sp³-hybridized carbons (Fsp3) is 0.400. The molecule has 2 N–H and O–H groups in total. The summed E-state index contributed by atoms with van der Waals surface area (Å²) in [6, 6.07) is 5.72. The molecule has 0 aliphatic heterocycles. The summed E-state index contributed by atoms with van der Waals surface area (Å²) < 4.78 is 6.20. The van der Waals surface area contributed by atoms with Crippen LogP contribution < -0.4 is 10.6 Å². The molecule has 1 rings (SSSR count). The molecule has 0 atom stereocenters. The van der Waals surface area contributed by atoms with Gasteiger partial charge in [0.15, 0.2) is 0 Å². The molecule has 0 radical (unpaired) electrons. The summed E-state index contributed by atoms with van der Waals surface area (Å²) >= 11 is 3.40. The lowest BCUT2D eigenvalue weighted by molar-refractivity contribution is -0.0251. The van der Waals surface area contributed by atoms with Crippen molar-refractivity contribution < 1.29 is 9.57 Å². The number of methoxy groups -OCH3 is 1. The molecule has 0 aliphatic rings. The molecule has 78 valence electrons. The molecule has 14 heavy (non-hydrogen) atoms. The third-order valence-corrected chi connectivity index (χ3v) is 2.60. The van der Waals surface area contributed by atoms with E-state index in [0.717, 1.165) is 15.8 Å². The number of halogens is 1. The Morgan fingerprint density at radius 1 is 1.36 bits per heavy atom. The van der Waals surface area contributed by atoms with Gasteiger partial charge in [0, 0.05) is 10.0 Å². The summed E-state index contributed by atoms with van der Waals surface area (Å²) in [7, 11) is 1.62. The minimum Gasteiger partial charge on any atom is -0.496 e. The standard InChI is InChI=1S/C10H14BrNO2/c1-10(2,14-12)8-6-7(11)4-5-9(8)13-3/h4-6H,12H2,1-3H3. The quantitative estimate of drug-likeness (QED) is 0.849. The van der Waals surface area contributed by atoms with E-state index in [1.54, 1.807) is 7.11 Å². The monoisotopic (exact) mass is 259 g/mol. The fourth-order valence-electron chi connectivity index (χ4n) is 1.21. The zero-order chi connectivity index (χ0) is 10.8. The van der Waals surface area contributed by atoms with Gasteiger partial charge in [0.1, 0.15) is 11.4 Å². The SMILES string of the molecule is COc1ccc(Br)cc1C(C)(C)ON. The highest BCUT2D eigenvalue weighted by atomic mass is 79.9. The van der Waals surface area contributed by atoms with Crippen LogP contribution in [0.5, 0.6) is 5.75 Å². The number of rotatable bonds is 3. The van der Waals surface area contributed by atoms with Crippen LogP contribution in [0.25, 0.3) is 0 Å². The van der Waals surface area contributed by atoms with Crippen molar-refractivity contribution in [2.45, 2.75) is 19.4 Å². The zero-order valence-electron chi connectivity index (χ0n) is 8.50. The number of nitrogens with two attached hydrogens (primary N) is 1. The van der Waals surface area contributed by atoms with Crippen molar-refractivity contribution in [3.05, 3.63) is 28.2 Å². The van der Waals surface area contributed by atoms with Crippen LogP contribution in [0.2, 0.25) is 0 Å². The molecule has 1 aromatic carbocycles. The van der Waals surface area contributed by atoms with Gasteiger partial charge in [-0.3, -0.25) is 4.84 Å². The minimum absolute atomic E-state index is 0.560. The highest BCUT2D eigenvalue weighted by Crippen LogP contribution is 2.33. The summed E-state index contributed by atoms with van der Waals surface area (Å²) in [6.07, 6.45) is 0. The highest BCUT2D eigenvalue weighted by Gasteiger charge is 2.24. The maximum Gasteiger partial charge on any atom is 0.125 e. The zero-order valence-corrected chi connectivity index (χ0v) is 10.1. The fourth-order valence-corrected chi connectivity index (χ4v) is 1.58. The molecule has 0 aliphatic carbocycles. The van der Waals surface area contributed by atoms with Crippen LogP contribution >= 0.6 is 15.9 Å². The van der Waals surface area contributed by atoms with Crippen LogP contribution in [0.4, 0.5) is 0 Å². The van der Waals surface area contributed by atoms with E-state index in [2.05, 4.69) is 15.9 Å². The average Bonchev–Trinajstić information content (AvgIpc) is 2.18. The molecule has 0 bridgehead atoms. The molecule has 0 spiro atoms. The Labute approximate surface area is 92.3 Å². The molecule has 0 aromatic heterocycles. The maximum absolute atomic E-state index is 5.24. The van der Waals surface area contributed by atoms with Crippen molar-refractivity contribution in [1.29, 1.82) is 0 Å². The molecule has 0 saturated carbocycles. The summed E-state index contributed by atoms with van der Waals surface area (Å²) in [5, 5.41) is 0. The normalized spacial score (nSPS) is 11.5. The van der Waals surface area contributed by atoms with Crippen molar-refractivity contribution in [2.75, 3.05) is 7.11 Å². The number of benzene rings is 1. The molecule has 0 saturated heterocycles. The van der Waals surface area contributed by atoms with E-state index in [0.29, 0.717) is 0 Å². The molecule has 0 unspecified atom stereocenters. The lowest BCUT2D eigenvalue weighted by atomic mass is 9.97. The Hall–Kier alpha value is -0.580. The van der Waals surface area contributed by atoms with E-state index < -0.39 is 5.60 Å². The van der Waals surface area contributed by atoms with Gasteiger partial charge in [-0.1, -0.05) is 15.9 Å². The first kappa shape index (κ1) is 11.5. The predicted octanol–water partition coefficient (Wildman–Crippen LogP) is 2.58. The summed E-state index contributed by atoms with van der Waals surface area (Å²) in [6.45, 7) is 3.77. The Bertz CT molecular complexity index is 326. The van der Waals surface area contributed by atoms with Gasteiger partial charge >= 0.3 is 0 Å². The Balaban J connectivity index is 3.23. The largest absolute Gasteiger partial charge is 0.496 e. The topological polar surface area (TPSA) is 44.5 Å². The van der Waals surface area contributed by atoms with E-state index in [4.69, 9.17) is 15.5 Å². The van der Waals surface area contributed by atoms with Gasteiger partial charge in [0.25, 0.3) is 0 Å². The van der Waals surface area contributed by atoms with Crippen molar-refractivity contribution in [3.63, 3.8) is 0 Å². The number of hydrogen-bond donors (Lipinski definition) is 1. The van der Waals surface area contributed by atoms with Crippen LogP contribution in [0.15, 0.2) is 22.7 Å². The van der Waals surface area contributed by atoms with Gasteiger partial charge in [0.2, 0.25) is 0 Å². The van der Waals surface area contributed by atoms with Crippen molar-refractivity contribution in [2.24, 2.45) is 5.90 Å². The van der Waals surface area contributed by atoms with Gasteiger partial charge in [0.05, 0.1) is 7.11 Å². The second kappa shape index (κ2) is 4.29. The lowest BCUT2D eigenvalue weighted by Crippen LogP contribution is -2.25. The van der Waals surface area contributed by atoms with Gasteiger partial charge in [-0.25, -0.2) is 5.90 Å². The van der Waals surface area contributed by atoms with E-state index in [1.807, 2.05) is 32.0 Å². The van der Waals surface area contributed by atoms with Crippen LogP contribution in [-0.2, 0) is 10.4 Å². The maximum atomic E-state index is 5.24. The van der Waals surface area contributed by atoms with Gasteiger partial charge in [-0.2, -0.15) is 0 Å². The van der Waals surface area contributed by atoms with Crippen molar-refractivity contribution in [3.8, 4) is 5.75 Å². The third kappa shape index (κ3) is 2.26. The number of ether oxygens (including phenoxy) is 1. The molecule has 0 fully saturated rings. The molecule has 0 heterocycles. The van der Waals surface area contributed by atoms with E-state index in [9.17, 15) is 0 Å². The lowest BCUT2D eigenvalue weighted by Gasteiger charge is -2.24. The smallest absolute Gasteiger partial charge is 0.125 e. The van der Waals surface area contributed by atoms with Gasteiger partial charge < -0.3 is 4.74 Å². The first-order valence-electron chi connectivity index (χ1n) is 4.23. The molecular formula is C10H14BrNO2. The van der Waals surface area contributed by atoms with E-state index in [-0.39, 0.29) is 0 Å². The first-order chi connectivity index (χ1) is 6.51. The summed E-state index contributed by atoms with van der Waals surface area (Å²) in [5.41, 5.74) is 0.353. The third-order valence-electron chi connectivity index (χ3n) is 2.10. The van der Waals surface area contributed by atoms with Crippen LogP contribution in [0.3, 0.4) is 0 Å². The Morgan fingerprint density at radius 2 is 2.00 bits per heavy atom. The van der Waals surface area contributed by atoms with Crippen LogP contribution in [0, 0.1) is 0 Å². The second-order valence-corrected chi connectivity index (χ2v) is 4.39. The predicted molar refractivity (Wildman–Crippen MR) is 59.0 cm³/mol. The van der Waals surface area contributed by atoms with Crippen LogP contribution in [0.1, 0.15) is 19.4 Å². The molecule has 0 amide bonds. The highest BCUT2D eigenvalue weighted by molar-refractivity contribution is 9.10. The minimum atomic E-state index is -0.560. The van der Waals surface area contributed by atoms with Gasteiger partial charge in [-0.05, 0) is 32.0 Å². The molecular weight excluding hydrogens is 246 g/mol. The Kier molecular flexibility index (Phi) is 3.53. The molecule has 1 aromatic rings. The summed E-state index contributed by atoms with van der Waals surface area (Å²) in [4.78, 5) is 4.92. The van der Waals surface area contributed by atoms with E-state index in [1.165, 1.54) is 0 Å². The van der Waals surface area contributed by atoms with Gasteiger partial charge in [-0.15, -0.1) is 0 Å².